The first kappa shape index (κ1) is 21.0. The Kier molecular flexibility index (Phi) is 7.52. The van der Waals surface area contributed by atoms with Gasteiger partial charge in [0, 0.05) is 12.6 Å². The van der Waals surface area contributed by atoms with Crippen molar-refractivity contribution in [2.45, 2.75) is 75.3 Å². The number of hydrogen-bond donors (Lipinski definition) is 4. The van der Waals surface area contributed by atoms with Gasteiger partial charge in [-0.25, -0.2) is 0 Å². The average molecular weight is 400 g/mol. The Morgan fingerprint density at radius 3 is 2.59 bits per heavy atom. The Labute approximate surface area is 165 Å². The minimum atomic E-state index is -0.204. The largest absolute Gasteiger partial charge is 0.377 e. The van der Waals surface area contributed by atoms with Crippen LogP contribution in [0.15, 0.2) is 0 Å². The molecule has 0 radical (unpaired) electrons. The molecule has 4 atom stereocenters. The zero-order valence-electron chi connectivity index (χ0n) is 16.3. The number of hydrogen-bond acceptors (Lipinski definition) is 8. The van der Waals surface area contributed by atoms with E-state index in [2.05, 4.69) is 34.8 Å². The van der Waals surface area contributed by atoms with Crippen molar-refractivity contribution < 1.29 is 14.3 Å². The van der Waals surface area contributed by atoms with Crippen molar-refractivity contribution in [2.75, 3.05) is 20.2 Å². The molecule has 1 saturated carbocycles. The van der Waals surface area contributed by atoms with Crippen LogP contribution in [0, 0.1) is 5.92 Å². The summed E-state index contributed by atoms with van der Waals surface area (Å²) in [6.45, 7) is 3.74. The predicted octanol–water partition coefficient (Wildman–Crippen LogP) is 0.775. The van der Waals surface area contributed by atoms with Crippen molar-refractivity contribution in [1.29, 1.82) is 0 Å². The van der Waals surface area contributed by atoms with E-state index in [1.165, 1.54) is 0 Å². The lowest BCUT2D eigenvalue weighted by Gasteiger charge is -2.39. The van der Waals surface area contributed by atoms with Crippen molar-refractivity contribution in [1.82, 2.24) is 20.9 Å². The molecule has 3 fully saturated rings. The van der Waals surface area contributed by atoms with Crippen LogP contribution in [0.1, 0.15) is 45.4 Å². The van der Waals surface area contributed by atoms with Gasteiger partial charge in [0.05, 0.1) is 24.1 Å². The summed E-state index contributed by atoms with van der Waals surface area (Å²) in [4.78, 5) is 25.2. The Bertz CT molecular complexity index is 519. The molecule has 8 nitrogen and oxygen atoms in total. The van der Waals surface area contributed by atoms with Gasteiger partial charge in [0.25, 0.3) is 5.24 Å². The van der Waals surface area contributed by atoms with Crippen LogP contribution in [0.2, 0.25) is 0 Å². The molecule has 0 bridgehead atoms. The normalized spacial score (nSPS) is 37.6. The van der Waals surface area contributed by atoms with Crippen molar-refractivity contribution in [2.24, 2.45) is 11.7 Å². The van der Waals surface area contributed by atoms with E-state index in [0.717, 1.165) is 63.4 Å². The van der Waals surface area contributed by atoms with Crippen LogP contribution in [0.5, 0.6) is 0 Å². The number of carbonyl (C=O) groups is 2. The van der Waals surface area contributed by atoms with Gasteiger partial charge in [-0.05, 0) is 58.4 Å². The van der Waals surface area contributed by atoms with Gasteiger partial charge >= 0.3 is 0 Å². The molecule has 9 heteroatoms. The quantitative estimate of drug-likeness (QED) is 0.497. The van der Waals surface area contributed by atoms with Gasteiger partial charge in [-0.2, -0.15) is 0 Å². The van der Waals surface area contributed by atoms with Gasteiger partial charge in [0.1, 0.15) is 6.29 Å². The molecule has 2 saturated heterocycles. The van der Waals surface area contributed by atoms with Crippen LogP contribution < -0.4 is 21.7 Å². The average Bonchev–Trinajstić information content (AvgIpc) is 2.92. The molecule has 2 heterocycles. The zero-order valence-corrected chi connectivity index (χ0v) is 17.1. The summed E-state index contributed by atoms with van der Waals surface area (Å²) in [7, 11) is 2.11. The molecular weight excluding hydrogens is 366 g/mol. The summed E-state index contributed by atoms with van der Waals surface area (Å²) in [5.41, 5.74) is 5.96. The number of thioether (sulfide) groups is 1. The van der Waals surface area contributed by atoms with Crippen LogP contribution in [0.3, 0.4) is 0 Å². The van der Waals surface area contributed by atoms with E-state index >= 15 is 0 Å². The van der Waals surface area contributed by atoms with Crippen LogP contribution in [0.25, 0.3) is 0 Å². The van der Waals surface area contributed by atoms with E-state index in [-0.39, 0.29) is 28.9 Å². The molecule has 0 aromatic rings. The highest BCUT2D eigenvalue weighted by Gasteiger charge is 2.34. The number of ether oxygens (including phenoxy) is 1. The third kappa shape index (κ3) is 6.13. The number of likely N-dealkylation sites (N-methyl/N-ethyl adjacent to an activating group) is 1. The SMILES string of the molecule is CC1CC(N(C)CCOC2CCC(CC3SC(=O)NC3=O)CC2)NC(N)N1. The second-order valence-corrected chi connectivity index (χ2v) is 9.25. The van der Waals surface area contributed by atoms with Crippen molar-refractivity contribution in [3.05, 3.63) is 0 Å². The topological polar surface area (TPSA) is 109 Å². The molecule has 3 aliphatic rings. The van der Waals surface area contributed by atoms with E-state index in [1.54, 1.807) is 0 Å². The molecule has 1 aliphatic carbocycles. The Balaban J connectivity index is 1.30. The molecule has 154 valence electrons. The maximum atomic E-state index is 11.7. The number of carbonyl (C=O) groups excluding carboxylic acids is 2. The number of rotatable bonds is 7. The number of imide groups is 1. The lowest BCUT2D eigenvalue weighted by Crippen LogP contribution is -2.65. The van der Waals surface area contributed by atoms with Crippen molar-refractivity contribution in [3.63, 3.8) is 0 Å². The monoisotopic (exact) mass is 399 g/mol. The molecule has 2 amide bonds. The first-order valence-electron chi connectivity index (χ1n) is 10.0. The molecule has 4 unspecified atom stereocenters. The van der Waals surface area contributed by atoms with Crippen molar-refractivity contribution in [3.8, 4) is 0 Å². The van der Waals surface area contributed by atoms with Crippen LogP contribution in [0.4, 0.5) is 4.79 Å². The third-order valence-electron chi connectivity index (χ3n) is 5.85. The molecule has 5 N–H and O–H groups in total. The lowest BCUT2D eigenvalue weighted by atomic mass is 9.84. The summed E-state index contributed by atoms with van der Waals surface area (Å²) >= 11 is 1.14. The fourth-order valence-corrected chi connectivity index (χ4v) is 5.20. The standard InChI is InChI=1S/C18H33N5O3S/c1-11-9-15(21-17(19)20-11)23(2)7-8-26-13-5-3-12(4-6-13)10-14-16(24)22-18(25)27-14/h11-15,17,20-21H,3-10,19H2,1-2H3,(H,22,24,25). The molecule has 0 aromatic heterocycles. The molecule has 27 heavy (non-hydrogen) atoms. The Morgan fingerprint density at radius 1 is 1.22 bits per heavy atom. The van der Waals surface area contributed by atoms with Gasteiger partial charge in [0.15, 0.2) is 0 Å². The maximum Gasteiger partial charge on any atom is 0.286 e. The minimum absolute atomic E-state index is 0.119. The smallest absolute Gasteiger partial charge is 0.286 e. The summed E-state index contributed by atoms with van der Waals surface area (Å²) in [5, 5.41) is 8.61. The highest BCUT2D eigenvalue weighted by Crippen LogP contribution is 2.34. The number of amides is 2. The Hall–Kier alpha value is -0.710. The fourth-order valence-electron chi connectivity index (χ4n) is 4.24. The summed E-state index contributed by atoms with van der Waals surface area (Å²) in [5.74, 6) is 0.399. The van der Waals surface area contributed by atoms with Gasteiger partial charge in [-0.3, -0.25) is 30.4 Å². The van der Waals surface area contributed by atoms with Crippen LogP contribution in [-0.4, -0.2) is 66.1 Å². The number of nitrogens with two attached hydrogens (primary N) is 1. The lowest BCUT2D eigenvalue weighted by molar-refractivity contribution is -0.119. The number of nitrogens with one attached hydrogen (secondary N) is 3. The van der Waals surface area contributed by atoms with Gasteiger partial charge in [0.2, 0.25) is 5.91 Å². The molecule has 2 aliphatic heterocycles. The second-order valence-electron chi connectivity index (χ2n) is 8.08. The highest BCUT2D eigenvalue weighted by atomic mass is 32.2. The fraction of sp³-hybridized carbons (Fsp3) is 0.889. The highest BCUT2D eigenvalue weighted by molar-refractivity contribution is 8.15. The van der Waals surface area contributed by atoms with Crippen LogP contribution >= 0.6 is 11.8 Å². The first-order valence-corrected chi connectivity index (χ1v) is 10.9. The third-order valence-corrected chi connectivity index (χ3v) is 6.86. The summed E-state index contributed by atoms with van der Waals surface area (Å²) < 4.78 is 6.10. The zero-order chi connectivity index (χ0) is 19.4. The number of nitrogens with zero attached hydrogens (tertiary/aromatic N) is 1. The van der Waals surface area contributed by atoms with E-state index in [9.17, 15) is 9.59 Å². The van der Waals surface area contributed by atoms with E-state index in [1.807, 2.05) is 0 Å². The minimum Gasteiger partial charge on any atom is -0.377 e. The predicted molar refractivity (Wildman–Crippen MR) is 106 cm³/mol. The van der Waals surface area contributed by atoms with E-state index in [4.69, 9.17) is 10.5 Å². The molecule has 0 spiro atoms. The van der Waals surface area contributed by atoms with Gasteiger partial charge in [-0.15, -0.1) is 0 Å². The molecular formula is C18H33N5O3S. The van der Waals surface area contributed by atoms with E-state index in [0.29, 0.717) is 18.1 Å². The summed E-state index contributed by atoms with van der Waals surface area (Å²) in [6.07, 6.45) is 6.46. The maximum absolute atomic E-state index is 11.7. The molecule has 3 rings (SSSR count). The van der Waals surface area contributed by atoms with Gasteiger partial charge in [-0.1, -0.05) is 11.8 Å². The van der Waals surface area contributed by atoms with E-state index < -0.39 is 0 Å². The van der Waals surface area contributed by atoms with Crippen molar-refractivity contribution >= 4 is 22.9 Å². The second kappa shape index (κ2) is 9.67. The molecule has 0 aromatic carbocycles. The Morgan fingerprint density at radius 2 is 1.96 bits per heavy atom. The first-order chi connectivity index (χ1) is 12.9. The van der Waals surface area contributed by atoms with Gasteiger partial charge < -0.3 is 10.5 Å². The van der Waals surface area contributed by atoms with Crippen LogP contribution in [-0.2, 0) is 9.53 Å². The summed E-state index contributed by atoms with van der Waals surface area (Å²) in [6, 6.07) is 0.403.